The van der Waals surface area contributed by atoms with Gasteiger partial charge in [0.1, 0.15) is 0 Å². The van der Waals surface area contributed by atoms with Crippen LogP contribution in [-0.2, 0) is 22.6 Å². The molecule has 0 radical (unpaired) electrons. The molecule has 0 fully saturated rings. The Balaban J connectivity index is 1.44. The molecule has 2 heterocycles. The number of aromatic nitrogens is 1. The van der Waals surface area contributed by atoms with Crippen molar-refractivity contribution in [2.75, 3.05) is 23.8 Å². The van der Waals surface area contributed by atoms with E-state index < -0.39 is 0 Å². The van der Waals surface area contributed by atoms with E-state index in [9.17, 15) is 9.59 Å². The summed E-state index contributed by atoms with van der Waals surface area (Å²) in [6, 6.07) is 6.34. The van der Waals surface area contributed by atoms with Crippen LogP contribution in [0.5, 0.6) is 0 Å². The van der Waals surface area contributed by atoms with E-state index in [-0.39, 0.29) is 24.7 Å². The van der Waals surface area contributed by atoms with E-state index in [0.717, 1.165) is 24.9 Å². The smallest absolute Gasteiger partial charge is 0.226 e. The first-order chi connectivity index (χ1) is 12.1. The van der Waals surface area contributed by atoms with Crippen LogP contribution in [0.2, 0.25) is 0 Å². The summed E-state index contributed by atoms with van der Waals surface area (Å²) < 4.78 is 0. The van der Waals surface area contributed by atoms with Gasteiger partial charge in [-0.15, -0.1) is 11.3 Å². The zero-order valence-electron chi connectivity index (χ0n) is 14.2. The molecular weight excluding hydrogens is 336 g/mol. The zero-order chi connectivity index (χ0) is 17.6. The lowest BCUT2D eigenvalue weighted by Crippen LogP contribution is -2.26. The molecule has 0 atom stereocenters. The van der Waals surface area contributed by atoms with Crippen molar-refractivity contribution in [2.45, 2.75) is 32.2 Å². The van der Waals surface area contributed by atoms with Crippen molar-refractivity contribution in [3.63, 3.8) is 0 Å². The highest BCUT2D eigenvalue weighted by Gasteiger charge is 2.14. The van der Waals surface area contributed by atoms with Crippen LogP contribution in [0.15, 0.2) is 29.8 Å². The van der Waals surface area contributed by atoms with E-state index in [0.29, 0.717) is 11.7 Å². The summed E-state index contributed by atoms with van der Waals surface area (Å²) in [7, 11) is 2.11. The Labute approximate surface area is 151 Å². The lowest BCUT2D eigenvalue weighted by Gasteiger charge is -2.27. The summed E-state index contributed by atoms with van der Waals surface area (Å²) in [4.78, 5) is 30.0. The number of amides is 2. The van der Waals surface area contributed by atoms with E-state index in [4.69, 9.17) is 0 Å². The molecule has 0 bridgehead atoms. The van der Waals surface area contributed by atoms with E-state index in [1.54, 1.807) is 11.6 Å². The number of thiazole rings is 1. The third-order valence-corrected chi connectivity index (χ3v) is 4.93. The first-order valence-corrected chi connectivity index (χ1v) is 9.29. The van der Waals surface area contributed by atoms with Crippen LogP contribution in [0.1, 0.15) is 30.4 Å². The number of carbonyl (C=O) groups excluding carboxylic acids is 2. The van der Waals surface area contributed by atoms with Gasteiger partial charge in [0.15, 0.2) is 5.13 Å². The molecule has 0 saturated heterocycles. The van der Waals surface area contributed by atoms with Crippen LogP contribution < -0.4 is 15.5 Å². The number of hydrogen-bond donors (Lipinski definition) is 2. The first-order valence-electron chi connectivity index (χ1n) is 8.41. The highest BCUT2D eigenvalue weighted by molar-refractivity contribution is 7.13. The summed E-state index contributed by atoms with van der Waals surface area (Å²) in [5, 5.41) is 7.91. The number of nitrogens with zero attached hydrogens (tertiary/aromatic N) is 2. The molecule has 2 N–H and O–H groups in total. The third-order valence-electron chi connectivity index (χ3n) is 4.24. The monoisotopic (exact) mass is 358 g/mol. The number of benzene rings is 1. The maximum atomic E-state index is 12.0. The summed E-state index contributed by atoms with van der Waals surface area (Å²) in [5.74, 6) is -0.314. The van der Waals surface area contributed by atoms with Crippen molar-refractivity contribution in [2.24, 2.45) is 0 Å². The molecule has 2 aromatic rings. The fraction of sp³-hybridized carbons (Fsp3) is 0.389. The Hall–Kier alpha value is -2.41. The highest BCUT2D eigenvalue weighted by atomic mass is 32.1. The fourth-order valence-electron chi connectivity index (χ4n) is 2.93. The second-order valence-electron chi connectivity index (χ2n) is 6.15. The van der Waals surface area contributed by atoms with E-state index in [1.807, 2.05) is 0 Å². The molecule has 132 valence electrons. The molecule has 7 heteroatoms. The molecule has 1 aliphatic heterocycles. The molecule has 0 saturated carbocycles. The fourth-order valence-corrected chi connectivity index (χ4v) is 3.48. The predicted octanol–water partition coefficient (Wildman–Crippen LogP) is 2.56. The van der Waals surface area contributed by atoms with E-state index in [2.05, 4.69) is 45.8 Å². The van der Waals surface area contributed by atoms with Gasteiger partial charge in [0.25, 0.3) is 0 Å². The highest BCUT2D eigenvalue weighted by Crippen LogP contribution is 2.26. The molecule has 6 nitrogen and oxygen atoms in total. The lowest BCUT2D eigenvalue weighted by atomic mass is 9.99. The van der Waals surface area contributed by atoms with Crippen LogP contribution in [0.4, 0.5) is 10.8 Å². The van der Waals surface area contributed by atoms with Crippen molar-refractivity contribution < 1.29 is 9.59 Å². The van der Waals surface area contributed by atoms with Gasteiger partial charge in [-0.2, -0.15) is 0 Å². The molecule has 25 heavy (non-hydrogen) atoms. The van der Waals surface area contributed by atoms with Gasteiger partial charge < -0.3 is 15.5 Å². The third kappa shape index (κ3) is 4.79. The van der Waals surface area contributed by atoms with Gasteiger partial charge in [-0.3, -0.25) is 9.59 Å². The molecule has 2 amide bonds. The number of anilines is 2. The number of carbonyl (C=O) groups is 2. The Morgan fingerprint density at radius 1 is 1.28 bits per heavy atom. The van der Waals surface area contributed by atoms with Crippen molar-refractivity contribution in [3.8, 4) is 0 Å². The topological polar surface area (TPSA) is 74.3 Å². The van der Waals surface area contributed by atoms with Gasteiger partial charge in [-0.1, -0.05) is 12.1 Å². The van der Waals surface area contributed by atoms with Gasteiger partial charge in [0.05, 0.1) is 0 Å². The van der Waals surface area contributed by atoms with Crippen LogP contribution in [0.3, 0.4) is 0 Å². The van der Waals surface area contributed by atoms with Crippen molar-refractivity contribution in [3.05, 3.63) is 40.9 Å². The molecule has 0 aliphatic carbocycles. The maximum Gasteiger partial charge on any atom is 0.226 e. The van der Waals surface area contributed by atoms with E-state index in [1.165, 1.54) is 22.6 Å². The second-order valence-corrected chi connectivity index (χ2v) is 7.04. The van der Waals surface area contributed by atoms with E-state index >= 15 is 0 Å². The quantitative estimate of drug-likeness (QED) is 0.832. The van der Waals surface area contributed by atoms with Crippen molar-refractivity contribution in [1.82, 2.24) is 10.3 Å². The Bertz CT molecular complexity index is 746. The first kappa shape index (κ1) is 17.4. The SMILES string of the molecule is CN1CCCc2cc(CNC(=O)CCC(=O)Nc3nccs3)ccc21. The molecule has 1 aliphatic rings. The lowest BCUT2D eigenvalue weighted by molar-refractivity contribution is -0.124. The molecule has 1 aromatic heterocycles. The van der Waals surface area contributed by atoms with Gasteiger partial charge in [0.2, 0.25) is 11.8 Å². The van der Waals surface area contributed by atoms with Gasteiger partial charge in [-0.05, 0) is 30.0 Å². The normalized spacial score (nSPS) is 13.2. The second kappa shape index (κ2) is 8.11. The summed E-state index contributed by atoms with van der Waals surface area (Å²) in [6.07, 6.45) is 4.19. The van der Waals surface area contributed by atoms with Gasteiger partial charge in [0, 0.05) is 50.2 Å². The molecule has 0 spiro atoms. The van der Waals surface area contributed by atoms with Crippen molar-refractivity contribution >= 4 is 34.0 Å². The minimum Gasteiger partial charge on any atom is -0.374 e. The minimum atomic E-state index is -0.193. The molecular formula is C18H22N4O2S. The van der Waals surface area contributed by atoms with Gasteiger partial charge >= 0.3 is 0 Å². The Kier molecular flexibility index (Phi) is 5.65. The standard InChI is InChI=1S/C18H22N4O2S/c1-22-9-2-3-14-11-13(4-5-15(14)22)12-20-16(23)6-7-17(24)21-18-19-8-10-25-18/h4-5,8,10-11H,2-3,6-7,9,12H2,1H3,(H,20,23)(H,19,21,24). The van der Waals surface area contributed by atoms with Crippen LogP contribution in [-0.4, -0.2) is 30.4 Å². The average Bonchev–Trinajstić information content (AvgIpc) is 3.11. The number of aryl methyl sites for hydroxylation is 1. The van der Waals surface area contributed by atoms with Crippen LogP contribution in [0.25, 0.3) is 0 Å². The van der Waals surface area contributed by atoms with Crippen LogP contribution >= 0.6 is 11.3 Å². The summed E-state index contributed by atoms with van der Waals surface area (Å²) in [5.41, 5.74) is 3.71. The van der Waals surface area contributed by atoms with Crippen molar-refractivity contribution in [1.29, 1.82) is 0 Å². The molecule has 0 unspecified atom stereocenters. The molecule has 1 aromatic carbocycles. The number of hydrogen-bond acceptors (Lipinski definition) is 5. The predicted molar refractivity (Wildman–Crippen MR) is 99.9 cm³/mol. The Morgan fingerprint density at radius 3 is 2.92 bits per heavy atom. The number of rotatable bonds is 6. The minimum absolute atomic E-state index is 0.121. The average molecular weight is 358 g/mol. The maximum absolute atomic E-state index is 12.0. The number of nitrogens with one attached hydrogen (secondary N) is 2. The number of fused-ring (bicyclic) bond motifs is 1. The Morgan fingerprint density at radius 2 is 2.12 bits per heavy atom. The largest absolute Gasteiger partial charge is 0.374 e. The molecule has 3 rings (SSSR count). The summed E-state index contributed by atoms with van der Waals surface area (Å²) >= 11 is 1.36. The zero-order valence-corrected chi connectivity index (χ0v) is 15.1. The summed E-state index contributed by atoms with van der Waals surface area (Å²) in [6.45, 7) is 1.58. The van der Waals surface area contributed by atoms with Gasteiger partial charge in [-0.25, -0.2) is 4.98 Å². The van der Waals surface area contributed by atoms with Crippen LogP contribution in [0, 0.1) is 0 Å².